The third-order valence-corrected chi connectivity index (χ3v) is 3.19. The number of rotatable bonds is 1. The number of H-pyrrole nitrogens is 1. The summed E-state index contributed by atoms with van der Waals surface area (Å²) in [6, 6.07) is 1.67. The molecule has 3 heterocycles. The van der Waals surface area contributed by atoms with Crippen LogP contribution in [0.4, 0.5) is 0 Å². The number of aromatic nitrogens is 3. The standard InChI is InChI=1S/C12H12B2N4O2/c13-12(14)6-18(1-2-20-7-12)11(19)10-3-9-8(4-15-10)5-16-17-9/h3-5H,1-2,6-7H2,(H,16,17). The Labute approximate surface area is 118 Å². The molecule has 20 heavy (non-hydrogen) atoms. The number of aromatic amines is 1. The summed E-state index contributed by atoms with van der Waals surface area (Å²) in [5.41, 5.74) is 1.10. The van der Waals surface area contributed by atoms with Gasteiger partial charge in [0.1, 0.15) is 5.69 Å². The summed E-state index contributed by atoms with van der Waals surface area (Å²) < 4.78 is 5.30. The maximum Gasteiger partial charge on any atom is 0.272 e. The molecule has 3 rings (SSSR count). The second-order valence-corrected chi connectivity index (χ2v) is 5.04. The fourth-order valence-electron chi connectivity index (χ4n) is 2.21. The number of hydrogen-bond acceptors (Lipinski definition) is 4. The van der Waals surface area contributed by atoms with E-state index in [1.165, 1.54) is 0 Å². The van der Waals surface area contributed by atoms with Crippen LogP contribution in [-0.4, -0.2) is 68.0 Å². The lowest BCUT2D eigenvalue weighted by atomic mass is 9.55. The number of amides is 1. The number of hydrogen-bond donors (Lipinski definition) is 1. The summed E-state index contributed by atoms with van der Waals surface area (Å²) in [6.45, 7) is 1.31. The molecule has 1 N–H and O–H groups in total. The number of nitrogens with one attached hydrogen (secondary N) is 1. The summed E-state index contributed by atoms with van der Waals surface area (Å²) in [5.74, 6) is -0.215. The van der Waals surface area contributed by atoms with E-state index in [4.69, 9.17) is 20.4 Å². The first-order valence-electron chi connectivity index (χ1n) is 6.29. The van der Waals surface area contributed by atoms with E-state index in [1.807, 2.05) is 0 Å². The number of carbonyl (C=O) groups excluding carboxylic acids is 1. The second-order valence-electron chi connectivity index (χ2n) is 5.04. The predicted octanol–water partition coefficient (Wildman–Crippen LogP) is -0.117. The van der Waals surface area contributed by atoms with Crippen LogP contribution < -0.4 is 0 Å². The minimum atomic E-state index is -1.04. The second kappa shape index (κ2) is 4.94. The van der Waals surface area contributed by atoms with Crippen LogP contribution in [-0.2, 0) is 4.74 Å². The van der Waals surface area contributed by atoms with Gasteiger partial charge >= 0.3 is 0 Å². The zero-order valence-electron chi connectivity index (χ0n) is 10.9. The molecule has 0 aliphatic carbocycles. The summed E-state index contributed by atoms with van der Waals surface area (Å²) in [7, 11) is 11.8. The molecule has 1 aliphatic heterocycles. The molecule has 1 fully saturated rings. The Morgan fingerprint density at radius 2 is 2.30 bits per heavy atom. The van der Waals surface area contributed by atoms with Crippen LogP contribution in [0.3, 0.4) is 0 Å². The van der Waals surface area contributed by atoms with Gasteiger partial charge in [-0.05, 0) is 6.07 Å². The predicted molar refractivity (Wildman–Crippen MR) is 74.8 cm³/mol. The zero-order chi connectivity index (χ0) is 14.2. The summed E-state index contributed by atoms with van der Waals surface area (Å²) in [4.78, 5) is 18.2. The van der Waals surface area contributed by atoms with E-state index in [2.05, 4.69) is 15.2 Å². The fraction of sp³-hybridized carbons (Fsp3) is 0.417. The molecule has 2 aromatic rings. The van der Waals surface area contributed by atoms with E-state index in [1.54, 1.807) is 23.4 Å². The van der Waals surface area contributed by atoms with Crippen LogP contribution in [0.2, 0.25) is 5.21 Å². The van der Waals surface area contributed by atoms with Gasteiger partial charge in [0.2, 0.25) is 0 Å². The average Bonchev–Trinajstić information content (AvgIpc) is 2.80. The fourth-order valence-corrected chi connectivity index (χ4v) is 2.21. The molecule has 2 aromatic heterocycles. The third kappa shape index (κ3) is 2.56. The summed E-state index contributed by atoms with van der Waals surface area (Å²) in [5, 5.41) is 6.53. The molecule has 0 spiro atoms. The maximum absolute atomic E-state index is 12.5. The molecular weight excluding hydrogens is 254 g/mol. The highest BCUT2D eigenvalue weighted by molar-refractivity contribution is 6.40. The molecule has 0 saturated carbocycles. The van der Waals surface area contributed by atoms with Gasteiger partial charge in [-0.1, -0.05) is 5.21 Å². The highest BCUT2D eigenvalue weighted by Gasteiger charge is 2.28. The van der Waals surface area contributed by atoms with Crippen molar-refractivity contribution < 1.29 is 9.53 Å². The number of carbonyl (C=O) groups is 1. The monoisotopic (exact) mass is 266 g/mol. The maximum atomic E-state index is 12.5. The van der Waals surface area contributed by atoms with E-state index in [9.17, 15) is 4.79 Å². The van der Waals surface area contributed by atoms with Crippen LogP contribution in [0, 0.1) is 0 Å². The highest BCUT2D eigenvalue weighted by atomic mass is 16.5. The number of pyridine rings is 1. The van der Waals surface area contributed by atoms with Gasteiger partial charge in [-0.3, -0.25) is 14.9 Å². The summed E-state index contributed by atoms with van der Waals surface area (Å²) in [6.07, 6.45) is 3.26. The number of nitrogens with zero attached hydrogens (tertiary/aromatic N) is 3. The molecule has 8 heteroatoms. The minimum Gasteiger partial charge on any atom is -0.380 e. The van der Waals surface area contributed by atoms with Crippen LogP contribution in [0.1, 0.15) is 10.5 Å². The average molecular weight is 266 g/mol. The lowest BCUT2D eigenvalue weighted by molar-refractivity contribution is 0.0735. The molecule has 1 aliphatic rings. The topological polar surface area (TPSA) is 71.1 Å². The molecule has 1 amide bonds. The van der Waals surface area contributed by atoms with Crippen molar-refractivity contribution in [1.29, 1.82) is 0 Å². The first-order valence-corrected chi connectivity index (χ1v) is 6.29. The van der Waals surface area contributed by atoms with Crippen molar-refractivity contribution in [3.8, 4) is 0 Å². The van der Waals surface area contributed by atoms with E-state index < -0.39 is 5.21 Å². The smallest absolute Gasteiger partial charge is 0.272 e. The lowest BCUT2D eigenvalue weighted by Gasteiger charge is -2.29. The Morgan fingerprint density at radius 3 is 3.15 bits per heavy atom. The van der Waals surface area contributed by atoms with E-state index in [0.717, 1.165) is 10.9 Å². The van der Waals surface area contributed by atoms with Gasteiger partial charge in [-0.2, -0.15) is 5.10 Å². The highest BCUT2D eigenvalue weighted by Crippen LogP contribution is 2.22. The van der Waals surface area contributed by atoms with E-state index in [-0.39, 0.29) is 19.1 Å². The molecule has 6 nitrogen and oxygen atoms in total. The lowest BCUT2D eigenvalue weighted by Crippen LogP contribution is -2.39. The van der Waals surface area contributed by atoms with Crippen molar-refractivity contribution >= 4 is 32.5 Å². The van der Waals surface area contributed by atoms with E-state index in [0.29, 0.717) is 18.8 Å². The minimum absolute atomic E-state index is 0.215. The van der Waals surface area contributed by atoms with Crippen molar-refractivity contribution in [3.05, 3.63) is 24.2 Å². The van der Waals surface area contributed by atoms with Crippen molar-refractivity contribution in [3.63, 3.8) is 0 Å². The Bertz CT molecular complexity index is 643. The molecule has 98 valence electrons. The Balaban J connectivity index is 1.86. The molecule has 0 atom stereocenters. The van der Waals surface area contributed by atoms with Crippen molar-refractivity contribution in [1.82, 2.24) is 20.1 Å². The third-order valence-electron chi connectivity index (χ3n) is 3.19. The van der Waals surface area contributed by atoms with Gasteiger partial charge in [0.15, 0.2) is 0 Å². The Morgan fingerprint density at radius 1 is 1.45 bits per heavy atom. The first kappa shape index (κ1) is 13.2. The van der Waals surface area contributed by atoms with Crippen molar-refractivity contribution in [2.75, 3.05) is 26.3 Å². The van der Waals surface area contributed by atoms with Gasteiger partial charge in [0.25, 0.3) is 5.91 Å². The molecule has 1 saturated heterocycles. The first-order chi connectivity index (χ1) is 9.55. The van der Waals surface area contributed by atoms with Gasteiger partial charge in [0, 0.05) is 31.3 Å². The van der Waals surface area contributed by atoms with Crippen LogP contribution >= 0.6 is 0 Å². The Hall–Kier alpha value is -1.82. The normalized spacial score (nSPS) is 18.9. The van der Waals surface area contributed by atoms with Crippen LogP contribution in [0.5, 0.6) is 0 Å². The molecule has 0 aromatic carbocycles. The van der Waals surface area contributed by atoms with Gasteiger partial charge in [-0.25, -0.2) is 0 Å². The van der Waals surface area contributed by atoms with Crippen LogP contribution in [0.15, 0.2) is 18.5 Å². The number of ether oxygens (including phenoxy) is 1. The van der Waals surface area contributed by atoms with Gasteiger partial charge in [0.05, 0.1) is 34.0 Å². The largest absolute Gasteiger partial charge is 0.380 e. The molecule has 4 radical (unpaired) electrons. The van der Waals surface area contributed by atoms with Crippen molar-refractivity contribution in [2.24, 2.45) is 0 Å². The zero-order valence-corrected chi connectivity index (χ0v) is 10.9. The summed E-state index contributed by atoms with van der Waals surface area (Å²) >= 11 is 0. The van der Waals surface area contributed by atoms with Gasteiger partial charge < -0.3 is 9.64 Å². The van der Waals surface area contributed by atoms with Crippen molar-refractivity contribution in [2.45, 2.75) is 5.21 Å². The quantitative estimate of drug-likeness (QED) is 0.730. The van der Waals surface area contributed by atoms with Crippen LogP contribution in [0.25, 0.3) is 10.9 Å². The van der Waals surface area contributed by atoms with E-state index >= 15 is 0 Å². The van der Waals surface area contributed by atoms with Gasteiger partial charge in [-0.15, -0.1) is 0 Å². The Kier molecular flexibility index (Phi) is 3.25. The number of fused-ring (bicyclic) bond motifs is 1. The SMILES string of the molecule is [B]C1([B])COCCN(C(=O)c2cc3[nH]ncc3cn2)C1. The molecular formula is C12H12B2N4O2. The molecule has 0 unspecified atom stereocenters. The molecule has 0 bridgehead atoms.